The van der Waals surface area contributed by atoms with Gasteiger partial charge in [-0.15, -0.1) is 0 Å². The normalized spacial score (nSPS) is 11.2. The van der Waals surface area contributed by atoms with Crippen molar-refractivity contribution in [3.8, 4) is 11.5 Å². The Bertz CT molecular complexity index is 643. The third kappa shape index (κ3) is 9.03. The molecule has 0 radical (unpaired) electrons. The molecule has 0 aromatic heterocycles. The van der Waals surface area contributed by atoms with E-state index in [1.165, 1.54) is 57.8 Å². The lowest BCUT2D eigenvalue weighted by Crippen LogP contribution is -2.10. The van der Waals surface area contributed by atoms with Crippen molar-refractivity contribution in [3.05, 3.63) is 20.3 Å². The molecule has 0 atom stereocenters. The fourth-order valence-electron chi connectivity index (χ4n) is 4.08. The molecule has 172 valence electrons. The smallest absolute Gasteiger partial charge is 0.339 e. The van der Waals surface area contributed by atoms with Crippen molar-refractivity contribution in [3.63, 3.8) is 0 Å². The summed E-state index contributed by atoms with van der Waals surface area (Å²) in [7, 11) is 0. The molecule has 0 aliphatic carbocycles. The van der Waals surface area contributed by atoms with Gasteiger partial charge < -0.3 is 15.3 Å². The lowest BCUT2D eigenvalue weighted by atomic mass is 9.91. The summed E-state index contributed by atoms with van der Waals surface area (Å²) in [6.07, 6.45) is 17.9. The first-order chi connectivity index (χ1) is 14.5. The molecule has 3 N–H and O–H groups in total. The zero-order valence-corrected chi connectivity index (χ0v) is 21.1. The zero-order chi connectivity index (χ0) is 22.4. The minimum Gasteiger partial charge on any atom is -0.504 e. The molecule has 5 heteroatoms. The van der Waals surface area contributed by atoms with E-state index in [0.717, 1.165) is 49.7 Å². The molecule has 0 bridgehead atoms. The molecule has 1 aromatic rings. The summed E-state index contributed by atoms with van der Waals surface area (Å²) in [6, 6.07) is 0. The second-order valence-electron chi connectivity index (χ2n) is 8.39. The summed E-state index contributed by atoms with van der Waals surface area (Å²) < 4.78 is 0.610. The fraction of sp³-hybridized carbons (Fsp3) is 0.720. The van der Waals surface area contributed by atoms with Crippen molar-refractivity contribution >= 4 is 28.6 Å². The van der Waals surface area contributed by atoms with Gasteiger partial charge in [-0.2, -0.15) is 0 Å². The molecule has 0 fully saturated rings. The Hall–Kier alpha value is -0.980. The highest BCUT2D eigenvalue weighted by atomic mass is 127. The second-order valence-corrected chi connectivity index (χ2v) is 9.47. The predicted octanol–water partition coefficient (Wildman–Crippen LogP) is 7.99. The van der Waals surface area contributed by atoms with E-state index >= 15 is 0 Å². The third-order valence-corrected chi connectivity index (χ3v) is 7.04. The van der Waals surface area contributed by atoms with Crippen molar-refractivity contribution in [1.29, 1.82) is 0 Å². The average molecular weight is 533 g/mol. The number of hydrogen-bond donors (Lipinski definition) is 3. The van der Waals surface area contributed by atoms with Gasteiger partial charge in [-0.25, -0.2) is 4.79 Å². The summed E-state index contributed by atoms with van der Waals surface area (Å²) in [4.78, 5) is 11.9. The van der Waals surface area contributed by atoms with Gasteiger partial charge in [-0.1, -0.05) is 90.9 Å². The molecule has 0 spiro atoms. The largest absolute Gasteiger partial charge is 0.504 e. The molecule has 0 amide bonds. The molecular weight excluding hydrogens is 491 g/mol. The van der Waals surface area contributed by atoms with Crippen LogP contribution in [0.15, 0.2) is 0 Å². The molecule has 30 heavy (non-hydrogen) atoms. The van der Waals surface area contributed by atoms with Crippen molar-refractivity contribution in [2.45, 2.75) is 117 Å². The van der Waals surface area contributed by atoms with Gasteiger partial charge in [0, 0.05) is 0 Å². The number of halogens is 1. The molecular formula is C25H41IO4. The van der Waals surface area contributed by atoms with Crippen LogP contribution >= 0.6 is 22.6 Å². The Morgan fingerprint density at radius 2 is 1.07 bits per heavy atom. The van der Waals surface area contributed by atoms with Crippen LogP contribution in [0.5, 0.6) is 11.5 Å². The molecule has 0 aliphatic heterocycles. The van der Waals surface area contributed by atoms with Gasteiger partial charge in [0.1, 0.15) is 5.56 Å². The minimum absolute atomic E-state index is 0.100. The first kappa shape index (κ1) is 27.1. The summed E-state index contributed by atoms with van der Waals surface area (Å²) in [5.41, 5.74) is 1.54. The summed E-state index contributed by atoms with van der Waals surface area (Å²) in [5, 5.41) is 30.3. The van der Waals surface area contributed by atoms with Gasteiger partial charge in [-0.3, -0.25) is 0 Å². The van der Waals surface area contributed by atoms with Crippen LogP contribution in [0.1, 0.15) is 125 Å². The molecule has 4 nitrogen and oxygen atoms in total. The number of phenolic OH excluding ortho intramolecular Hbond substituents is 1. The Morgan fingerprint density at radius 3 is 1.50 bits per heavy atom. The Balaban J connectivity index is 2.81. The van der Waals surface area contributed by atoms with E-state index in [9.17, 15) is 20.1 Å². The predicted molar refractivity (Wildman–Crippen MR) is 133 cm³/mol. The molecule has 0 aliphatic rings. The van der Waals surface area contributed by atoms with Gasteiger partial charge in [0.05, 0.1) is 3.57 Å². The van der Waals surface area contributed by atoms with Crippen LogP contribution in [-0.4, -0.2) is 21.3 Å². The molecule has 0 heterocycles. The van der Waals surface area contributed by atoms with Crippen LogP contribution in [0.2, 0.25) is 0 Å². The van der Waals surface area contributed by atoms with E-state index in [1.54, 1.807) is 0 Å². The summed E-state index contributed by atoms with van der Waals surface area (Å²) >= 11 is 2.06. The number of benzene rings is 1. The number of aromatic hydroxyl groups is 2. The lowest BCUT2D eigenvalue weighted by Gasteiger charge is -2.18. The number of hydrogen-bond acceptors (Lipinski definition) is 3. The van der Waals surface area contributed by atoms with Crippen molar-refractivity contribution < 1.29 is 20.1 Å². The molecule has 0 unspecified atom stereocenters. The van der Waals surface area contributed by atoms with Crippen LogP contribution < -0.4 is 0 Å². The topological polar surface area (TPSA) is 77.8 Å². The van der Waals surface area contributed by atoms with Crippen LogP contribution in [0, 0.1) is 3.57 Å². The van der Waals surface area contributed by atoms with E-state index in [2.05, 4.69) is 36.4 Å². The quantitative estimate of drug-likeness (QED) is 0.108. The van der Waals surface area contributed by atoms with E-state index in [0.29, 0.717) is 9.99 Å². The third-order valence-electron chi connectivity index (χ3n) is 5.87. The van der Waals surface area contributed by atoms with Gasteiger partial charge >= 0.3 is 5.97 Å². The van der Waals surface area contributed by atoms with Gasteiger partial charge in [0.2, 0.25) is 0 Å². The highest BCUT2D eigenvalue weighted by molar-refractivity contribution is 14.1. The minimum atomic E-state index is -1.15. The van der Waals surface area contributed by atoms with Crippen LogP contribution in [-0.2, 0) is 12.8 Å². The monoisotopic (exact) mass is 532 g/mol. The fourth-order valence-corrected chi connectivity index (χ4v) is 4.93. The second kappa shape index (κ2) is 15.8. The first-order valence-electron chi connectivity index (χ1n) is 11.9. The number of carboxylic acid groups (broad SMARTS) is 1. The molecule has 1 rings (SSSR count). The zero-order valence-electron chi connectivity index (χ0n) is 18.9. The lowest BCUT2D eigenvalue weighted by molar-refractivity contribution is 0.0691. The van der Waals surface area contributed by atoms with Gasteiger partial charge in [-0.05, 0) is 59.4 Å². The van der Waals surface area contributed by atoms with E-state index in [4.69, 9.17) is 0 Å². The highest BCUT2D eigenvalue weighted by Gasteiger charge is 2.25. The van der Waals surface area contributed by atoms with E-state index in [1.807, 2.05) is 0 Å². The van der Waals surface area contributed by atoms with Gasteiger partial charge in [0.15, 0.2) is 11.5 Å². The molecule has 1 aromatic carbocycles. The van der Waals surface area contributed by atoms with E-state index in [-0.39, 0.29) is 11.3 Å². The van der Waals surface area contributed by atoms with E-state index < -0.39 is 11.7 Å². The van der Waals surface area contributed by atoms with Crippen molar-refractivity contribution in [2.24, 2.45) is 0 Å². The van der Waals surface area contributed by atoms with Crippen LogP contribution in [0.3, 0.4) is 0 Å². The molecule has 0 saturated heterocycles. The maximum Gasteiger partial charge on any atom is 0.339 e. The van der Waals surface area contributed by atoms with Crippen LogP contribution in [0.25, 0.3) is 0 Å². The van der Waals surface area contributed by atoms with Gasteiger partial charge in [0.25, 0.3) is 0 Å². The van der Waals surface area contributed by atoms with Crippen LogP contribution in [0.4, 0.5) is 0 Å². The average Bonchev–Trinajstić information content (AvgIpc) is 2.72. The SMILES string of the molecule is CCCCCCCCCc1c(I)c(O)c(O)c(C(=O)O)c1CCCCCCCCC. The number of aromatic carboxylic acids is 1. The Morgan fingerprint density at radius 1 is 0.667 bits per heavy atom. The Kier molecular flexibility index (Phi) is 14.2. The summed E-state index contributed by atoms with van der Waals surface area (Å²) in [6.45, 7) is 4.42. The number of rotatable bonds is 17. The highest BCUT2D eigenvalue weighted by Crippen LogP contribution is 2.41. The maximum atomic E-state index is 11.9. The summed E-state index contributed by atoms with van der Waals surface area (Å²) in [5.74, 6) is -1.92. The number of carboxylic acids is 1. The standard InChI is InChI=1S/C25H41IO4/c1-3-5-7-9-11-13-15-17-19-20(18-16-14-12-10-8-6-4-2)22(26)24(28)23(27)21(19)25(29)30/h27-28H,3-18H2,1-2H3,(H,29,30). The number of carbonyl (C=O) groups is 1. The number of unbranched alkanes of at least 4 members (excludes halogenated alkanes) is 12. The number of phenols is 2. The molecule has 0 saturated carbocycles. The maximum absolute atomic E-state index is 11.9. The Labute approximate surface area is 196 Å². The first-order valence-corrected chi connectivity index (χ1v) is 13.0. The van der Waals surface area contributed by atoms with Crippen molar-refractivity contribution in [2.75, 3.05) is 0 Å². The van der Waals surface area contributed by atoms with Crippen molar-refractivity contribution in [1.82, 2.24) is 0 Å².